The van der Waals surface area contributed by atoms with Gasteiger partial charge in [0.25, 0.3) is 0 Å². The molecule has 0 radical (unpaired) electrons. The summed E-state index contributed by atoms with van der Waals surface area (Å²) >= 11 is 0. The van der Waals surface area contributed by atoms with Crippen molar-refractivity contribution < 1.29 is 4.79 Å². The van der Waals surface area contributed by atoms with Gasteiger partial charge in [-0.25, -0.2) is 0 Å². The third-order valence-electron chi connectivity index (χ3n) is 4.13. The molecule has 1 amide bonds. The van der Waals surface area contributed by atoms with Crippen molar-refractivity contribution in [1.29, 1.82) is 0 Å². The molecule has 1 unspecified atom stereocenters. The van der Waals surface area contributed by atoms with Crippen molar-refractivity contribution in [2.45, 2.75) is 32.7 Å². The summed E-state index contributed by atoms with van der Waals surface area (Å²) in [7, 11) is 0. The van der Waals surface area contributed by atoms with Gasteiger partial charge in [0.1, 0.15) is 0 Å². The minimum Gasteiger partial charge on any atom is -0.341 e. The Labute approximate surface area is 104 Å². The molecule has 2 saturated heterocycles. The molecule has 4 nitrogen and oxygen atoms in total. The van der Waals surface area contributed by atoms with Crippen molar-refractivity contribution in [3.05, 3.63) is 0 Å². The standard InChI is InChI=1S/C13H25N3O/c1-10(2)11-3-7-16(8-4-11)13(17)12-9-14-5-6-15-12/h10-12,14-15H,3-9H2,1-2H3. The summed E-state index contributed by atoms with van der Waals surface area (Å²) < 4.78 is 0. The fourth-order valence-electron chi connectivity index (χ4n) is 2.83. The lowest BCUT2D eigenvalue weighted by atomic mass is 9.86. The van der Waals surface area contributed by atoms with Crippen LogP contribution in [0.15, 0.2) is 0 Å². The first kappa shape index (κ1) is 12.8. The lowest BCUT2D eigenvalue weighted by Gasteiger charge is -2.36. The number of carbonyl (C=O) groups is 1. The highest BCUT2D eigenvalue weighted by molar-refractivity contribution is 5.82. The van der Waals surface area contributed by atoms with E-state index in [-0.39, 0.29) is 6.04 Å². The van der Waals surface area contributed by atoms with Crippen LogP contribution in [0, 0.1) is 11.8 Å². The largest absolute Gasteiger partial charge is 0.341 e. The third-order valence-corrected chi connectivity index (χ3v) is 4.13. The molecule has 0 aromatic carbocycles. The van der Waals surface area contributed by atoms with Crippen LogP contribution in [-0.2, 0) is 4.79 Å². The Balaban J connectivity index is 1.81. The second kappa shape index (κ2) is 5.83. The Morgan fingerprint density at radius 3 is 2.47 bits per heavy atom. The van der Waals surface area contributed by atoms with E-state index in [2.05, 4.69) is 24.5 Å². The first-order valence-corrected chi connectivity index (χ1v) is 6.91. The highest BCUT2D eigenvalue weighted by atomic mass is 16.2. The van der Waals surface area contributed by atoms with Gasteiger partial charge in [0, 0.05) is 32.7 Å². The van der Waals surface area contributed by atoms with Gasteiger partial charge in [0.05, 0.1) is 6.04 Å². The number of likely N-dealkylation sites (tertiary alicyclic amines) is 1. The molecule has 98 valence electrons. The molecule has 2 fully saturated rings. The van der Waals surface area contributed by atoms with Crippen LogP contribution in [0.5, 0.6) is 0 Å². The molecular formula is C13H25N3O. The van der Waals surface area contributed by atoms with Gasteiger partial charge in [-0.3, -0.25) is 4.79 Å². The molecule has 2 heterocycles. The normalized spacial score (nSPS) is 27.5. The Kier molecular flexibility index (Phi) is 4.40. The van der Waals surface area contributed by atoms with Gasteiger partial charge in [0.2, 0.25) is 5.91 Å². The molecule has 0 aliphatic carbocycles. The van der Waals surface area contributed by atoms with E-state index in [1.165, 1.54) is 12.8 Å². The molecule has 0 bridgehead atoms. The number of hydrogen-bond acceptors (Lipinski definition) is 3. The predicted molar refractivity (Wildman–Crippen MR) is 68.8 cm³/mol. The molecule has 0 aromatic rings. The Morgan fingerprint density at radius 2 is 1.94 bits per heavy atom. The first-order chi connectivity index (χ1) is 8.18. The molecule has 0 aromatic heterocycles. The van der Waals surface area contributed by atoms with Crippen LogP contribution in [0.1, 0.15) is 26.7 Å². The maximum atomic E-state index is 12.3. The van der Waals surface area contributed by atoms with Crippen LogP contribution >= 0.6 is 0 Å². The van der Waals surface area contributed by atoms with Crippen LogP contribution in [-0.4, -0.2) is 49.6 Å². The van der Waals surface area contributed by atoms with Crippen LogP contribution in [0.2, 0.25) is 0 Å². The molecular weight excluding hydrogens is 214 g/mol. The molecule has 0 saturated carbocycles. The van der Waals surface area contributed by atoms with Crippen LogP contribution < -0.4 is 10.6 Å². The quantitative estimate of drug-likeness (QED) is 0.735. The third kappa shape index (κ3) is 3.19. The Bertz CT molecular complexity index is 253. The second-order valence-electron chi connectivity index (χ2n) is 5.62. The number of amides is 1. The van der Waals surface area contributed by atoms with Gasteiger partial charge in [-0.15, -0.1) is 0 Å². The lowest BCUT2D eigenvalue weighted by molar-refractivity contribution is -0.135. The maximum absolute atomic E-state index is 12.3. The van der Waals surface area contributed by atoms with E-state index in [1.807, 2.05) is 4.90 Å². The Morgan fingerprint density at radius 1 is 1.24 bits per heavy atom. The van der Waals surface area contributed by atoms with Gasteiger partial charge in [-0.1, -0.05) is 13.8 Å². The molecule has 2 N–H and O–H groups in total. The second-order valence-corrected chi connectivity index (χ2v) is 5.62. The molecule has 17 heavy (non-hydrogen) atoms. The topological polar surface area (TPSA) is 44.4 Å². The minimum atomic E-state index is -0.000602. The van der Waals surface area contributed by atoms with Crippen molar-refractivity contribution in [1.82, 2.24) is 15.5 Å². The lowest BCUT2D eigenvalue weighted by Crippen LogP contribution is -2.57. The van der Waals surface area contributed by atoms with Crippen molar-refractivity contribution in [3.8, 4) is 0 Å². The van der Waals surface area contributed by atoms with E-state index in [1.54, 1.807) is 0 Å². The van der Waals surface area contributed by atoms with Crippen LogP contribution in [0.4, 0.5) is 0 Å². The summed E-state index contributed by atoms with van der Waals surface area (Å²) in [6.45, 7) is 9.12. The fourth-order valence-corrected chi connectivity index (χ4v) is 2.83. The van der Waals surface area contributed by atoms with E-state index >= 15 is 0 Å². The summed E-state index contributed by atoms with van der Waals surface area (Å²) in [5.41, 5.74) is 0. The molecule has 1 atom stereocenters. The van der Waals surface area contributed by atoms with E-state index in [4.69, 9.17) is 0 Å². The number of piperazine rings is 1. The summed E-state index contributed by atoms with van der Waals surface area (Å²) in [4.78, 5) is 14.3. The monoisotopic (exact) mass is 239 g/mol. The zero-order valence-electron chi connectivity index (χ0n) is 11.0. The number of rotatable bonds is 2. The van der Waals surface area contributed by atoms with Crippen molar-refractivity contribution >= 4 is 5.91 Å². The van der Waals surface area contributed by atoms with Gasteiger partial charge in [-0.2, -0.15) is 0 Å². The van der Waals surface area contributed by atoms with Crippen LogP contribution in [0.25, 0.3) is 0 Å². The smallest absolute Gasteiger partial charge is 0.241 e. The highest BCUT2D eigenvalue weighted by Gasteiger charge is 2.29. The summed E-state index contributed by atoms with van der Waals surface area (Å²) in [6, 6.07) is -0.000602. The van der Waals surface area contributed by atoms with E-state index < -0.39 is 0 Å². The SMILES string of the molecule is CC(C)C1CCN(C(=O)C2CNCCN2)CC1. The average Bonchev–Trinajstić information content (AvgIpc) is 2.39. The van der Waals surface area contributed by atoms with Gasteiger partial charge in [0.15, 0.2) is 0 Å². The minimum absolute atomic E-state index is 0.000602. The summed E-state index contributed by atoms with van der Waals surface area (Å²) in [5, 5.41) is 6.57. The number of nitrogens with zero attached hydrogens (tertiary/aromatic N) is 1. The van der Waals surface area contributed by atoms with E-state index in [9.17, 15) is 4.79 Å². The zero-order chi connectivity index (χ0) is 12.3. The van der Waals surface area contributed by atoms with Crippen molar-refractivity contribution in [2.75, 3.05) is 32.7 Å². The molecule has 0 spiro atoms. The van der Waals surface area contributed by atoms with E-state index in [0.29, 0.717) is 5.91 Å². The fraction of sp³-hybridized carbons (Fsp3) is 0.923. The van der Waals surface area contributed by atoms with E-state index in [0.717, 1.165) is 44.6 Å². The van der Waals surface area contributed by atoms with Gasteiger partial charge in [-0.05, 0) is 24.7 Å². The predicted octanol–water partition coefficient (Wildman–Crippen LogP) is 0.442. The molecule has 2 aliphatic rings. The maximum Gasteiger partial charge on any atom is 0.241 e. The van der Waals surface area contributed by atoms with Gasteiger partial charge >= 0.3 is 0 Å². The number of hydrogen-bond donors (Lipinski definition) is 2. The number of nitrogens with one attached hydrogen (secondary N) is 2. The average molecular weight is 239 g/mol. The first-order valence-electron chi connectivity index (χ1n) is 6.91. The number of carbonyl (C=O) groups excluding carboxylic acids is 1. The highest BCUT2D eigenvalue weighted by Crippen LogP contribution is 2.24. The zero-order valence-corrected chi connectivity index (χ0v) is 11.0. The summed E-state index contributed by atoms with van der Waals surface area (Å²) in [6.07, 6.45) is 2.34. The van der Waals surface area contributed by atoms with Crippen molar-refractivity contribution in [2.24, 2.45) is 11.8 Å². The van der Waals surface area contributed by atoms with Crippen molar-refractivity contribution in [3.63, 3.8) is 0 Å². The molecule has 2 aliphatic heterocycles. The molecule has 2 rings (SSSR count). The van der Waals surface area contributed by atoms with Crippen LogP contribution in [0.3, 0.4) is 0 Å². The number of piperidine rings is 1. The molecule has 4 heteroatoms. The summed E-state index contributed by atoms with van der Waals surface area (Å²) in [5.74, 6) is 1.85. The Hall–Kier alpha value is -0.610. The van der Waals surface area contributed by atoms with Gasteiger partial charge < -0.3 is 15.5 Å².